The van der Waals surface area contributed by atoms with Crippen LogP contribution in [0.5, 0.6) is 5.75 Å². The molecule has 11 aromatic rings. The molecule has 13 rings (SSSR count). The van der Waals surface area contributed by atoms with Crippen LogP contribution in [-0.4, -0.2) is 20.6 Å². The zero-order chi connectivity index (χ0) is 41.6. The van der Waals surface area contributed by atoms with E-state index in [-0.39, 0.29) is 5.92 Å². The van der Waals surface area contributed by atoms with Crippen molar-refractivity contribution in [2.45, 2.75) is 18.4 Å². The Morgan fingerprint density at radius 2 is 1.14 bits per heavy atom. The number of rotatable bonds is 5. The number of ether oxygens (including phenoxy) is 1. The molecule has 2 aliphatic rings. The first kappa shape index (κ1) is 35.6. The maximum atomic E-state index is 6.85. The predicted molar refractivity (Wildman–Crippen MR) is 257 cm³/mol. The topological polar surface area (TPSA) is 61.0 Å². The Labute approximate surface area is 363 Å². The SMILES string of the molecule is CC12Oc3ccccc3C1C=CC=C2c1nc(-c2ccc3ccccc3c2)nc(-c2ccc(-c3cc(-c4cccc5ccccc45)cc4oc5ccccc5c34)c3ccccc23)n1. The van der Waals surface area contributed by atoms with Crippen molar-refractivity contribution in [3.05, 3.63) is 212 Å². The van der Waals surface area contributed by atoms with Crippen LogP contribution in [0, 0.1) is 0 Å². The second-order valence-corrected chi connectivity index (χ2v) is 16.8. The van der Waals surface area contributed by atoms with Gasteiger partial charge in [0.2, 0.25) is 0 Å². The van der Waals surface area contributed by atoms with Gasteiger partial charge >= 0.3 is 0 Å². The second kappa shape index (κ2) is 13.7. The van der Waals surface area contributed by atoms with Crippen molar-refractivity contribution in [3.63, 3.8) is 0 Å². The van der Waals surface area contributed by atoms with Crippen LogP contribution in [0.25, 0.3) is 105 Å². The number of benzene rings is 9. The van der Waals surface area contributed by atoms with Crippen molar-refractivity contribution in [1.82, 2.24) is 15.0 Å². The second-order valence-electron chi connectivity index (χ2n) is 16.8. The van der Waals surface area contributed by atoms with E-state index in [1.54, 1.807) is 0 Å². The van der Waals surface area contributed by atoms with Gasteiger partial charge in [-0.05, 0) is 97.9 Å². The molecule has 0 saturated heterocycles. The lowest BCUT2D eigenvalue weighted by Crippen LogP contribution is -2.37. The highest BCUT2D eigenvalue weighted by molar-refractivity contribution is 6.18. The molecule has 63 heavy (non-hydrogen) atoms. The molecule has 0 amide bonds. The lowest BCUT2D eigenvalue weighted by molar-refractivity contribution is 0.165. The molecule has 1 aliphatic heterocycles. The molecule has 1 aliphatic carbocycles. The van der Waals surface area contributed by atoms with Gasteiger partial charge in [0, 0.05) is 39.0 Å². The van der Waals surface area contributed by atoms with Crippen molar-refractivity contribution in [3.8, 4) is 50.8 Å². The Kier molecular flexibility index (Phi) is 7.73. The summed E-state index contributed by atoms with van der Waals surface area (Å²) in [6.07, 6.45) is 6.45. The van der Waals surface area contributed by atoms with E-state index in [1.807, 2.05) is 12.1 Å². The predicted octanol–water partition coefficient (Wildman–Crippen LogP) is 14.8. The molecule has 2 unspecified atom stereocenters. The summed E-state index contributed by atoms with van der Waals surface area (Å²) in [6.45, 7) is 2.16. The highest BCUT2D eigenvalue weighted by atomic mass is 16.5. The van der Waals surface area contributed by atoms with Gasteiger partial charge in [-0.2, -0.15) is 0 Å². The minimum Gasteiger partial charge on any atom is -0.481 e. The summed E-state index contributed by atoms with van der Waals surface area (Å²) in [7, 11) is 0. The Morgan fingerprint density at radius 1 is 0.460 bits per heavy atom. The van der Waals surface area contributed by atoms with Crippen molar-refractivity contribution in [2.24, 2.45) is 0 Å². The van der Waals surface area contributed by atoms with E-state index in [0.29, 0.717) is 17.5 Å². The number of hydrogen-bond acceptors (Lipinski definition) is 5. The number of para-hydroxylation sites is 2. The molecule has 296 valence electrons. The van der Waals surface area contributed by atoms with Gasteiger partial charge in [-0.3, -0.25) is 0 Å². The summed E-state index contributed by atoms with van der Waals surface area (Å²) in [5, 5.41) is 8.99. The minimum absolute atomic E-state index is 0.0126. The van der Waals surface area contributed by atoms with Gasteiger partial charge in [0.1, 0.15) is 22.5 Å². The van der Waals surface area contributed by atoms with Gasteiger partial charge in [-0.25, -0.2) is 15.0 Å². The summed E-state index contributed by atoms with van der Waals surface area (Å²) < 4.78 is 13.5. The number of allylic oxidation sites excluding steroid dienone is 2. The molecule has 9 aromatic carbocycles. The van der Waals surface area contributed by atoms with Crippen LogP contribution in [0.15, 0.2) is 205 Å². The molecule has 2 atom stereocenters. The third-order valence-electron chi connectivity index (χ3n) is 13.2. The number of hydrogen-bond donors (Lipinski definition) is 0. The van der Waals surface area contributed by atoms with Crippen LogP contribution in [0.1, 0.15) is 24.2 Å². The standard InChI is InChI=1S/C58H37N3O2/c1-58-49(46-21-8-11-27-52(46)63-58)24-13-25-50(58)57-60-55(38-29-28-35-14-2-3-16-37(35)32-38)59-56(61-57)45-31-30-44(42-19-6-7-20-43(42)45)48-33-39(41-23-12-17-36-15-4-5-18-40(36)41)34-53-54(48)47-22-9-10-26-51(47)62-53/h2-34,49H,1H3. The van der Waals surface area contributed by atoms with Crippen LogP contribution < -0.4 is 4.74 Å². The van der Waals surface area contributed by atoms with Crippen LogP contribution in [0.2, 0.25) is 0 Å². The fraction of sp³-hybridized carbons (Fsp3) is 0.0517. The summed E-state index contributed by atoms with van der Waals surface area (Å²) in [4.78, 5) is 16.0. The number of aromatic nitrogens is 3. The van der Waals surface area contributed by atoms with Crippen molar-refractivity contribution < 1.29 is 9.15 Å². The number of furan rings is 1. The van der Waals surface area contributed by atoms with E-state index < -0.39 is 5.60 Å². The third-order valence-corrected chi connectivity index (χ3v) is 13.2. The van der Waals surface area contributed by atoms with Gasteiger partial charge in [-0.15, -0.1) is 0 Å². The zero-order valence-electron chi connectivity index (χ0n) is 34.3. The largest absolute Gasteiger partial charge is 0.481 e. The highest BCUT2D eigenvalue weighted by Crippen LogP contribution is 2.53. The van der Waals surface area contributed by atoms with E-state index in [1.165, 1.54) is 10.8 Å². The van der Waals surface area contributed by atoms with E-state index in [0.717, 1.165) is 93.8 Å². The van der Waals surface area contributed by atoms with E-state index in [2.05, 4.69) is 195 Å². The lowest BCUT2D eigenvalue weighted by atomic mass is 9.77. The smallest absolute Gasteiger partial charge is 0.164 e. The quantitative estimate of drug-likeness (QED) is 0.173. The molecule has 0 N–H and O–H groups in total. The monoisotopic (exact) mass is 807 g/mol. The third kappa shape index (κ3) is 5.53. The summed E-state index contributed by atoms with van der Waals surface area (Å²) in [6, 6.07) is 64.1. The Bertz CT molecular complexity index is 3760. The molecular weight excluding hydrogens is 771 g/mol. The number of nitrogens with zero attached hydrogens (tertiary/aromatic N) is 3. The molecule has 5 heteroatoms. The molecule has 0 saturated carbocycles. The van der Waals surface area contributed by atoms with Crippen LogP contribution in [0.3, 0.4) is 0 Å². The molecular formula is C58H37N3O2. The maximum absolute atomic E-state index is 6.85. The number of fused-ring (bicyclic) bond motifs is 9. The van der Waals surface area contributed by atoms with Crippen LogP contribution in [-0.2, 0) is 0 Å². The van der Waals surface area contributed by atoms with Gasteiger partial charge in [0.05, 0.1) is 0 Å². The molecule has 2 aromatic heterocycles. The van der Waals surface area contributed by atoms with E-state index >= 15 is 0 Å². The normalized spacial score (nSPS) is 16.7. The van der Waals surface area contributed by atoms with Crippen molar-refractivity contribution >= 4 is 59.8 Å². The van der Waals surface area contributed by atoms with Gasteiger partial charge in [0.25, 0.3) is 0 Å². The van der Waals surface area contributed by atoms with E-state index in [4.69, 9.17) is 24.1 Å². The summed E-state index contributed by atoms with van der Waals surface area (Å²) in [5.41, 5.74) is 9.38. The first-order valence-electron chi connectivity index (χ1n) is 21.5. The van der Waals surface area contributed by atoms with Crippen molar-refractivity contribution in [2.75, 3.05) is 0 Å². The van der Waals surface area contributed by atoms with Crippen molar-refractivity contribution in [1.29, 1.82) is 0 Å². The molecule has 5 nitrogen and oxygen atoms in total. The summed E-state index contributed by atoms with van der Waals surface area (Å²) in [5.74, 6) is 2.70. The molecule has 3 heterocycles. The molecule has 0 spiro atoms. The molecule has 0 bridgehead atoms. The Balaban J connectivity index is 1.03. The first-order chi connectivity index (χ1) is 31.1. The van der Waals surface area contributed by atoms with Gasteiger partial charge in [-0.1, -0.05) is 164 Å². The highest BCUT2D eigenvalue weighted by Gasteiger charge is 2.48. The average Bonchev–Trinajstić information content (AvgIpc) is 3.87. The van der Waals surface area contributed by atoms with Gasteiger partial charge < -0.3 is 9.15 Å². The molecule has 0 radical (unpaired) electrons. The summed E-state index contributed by atoms with van der Waals surface area (Å²) >= 11 is 0. The van der Waals surface area contributed by atoms with Crippen LogP contribution >= 0.6 is 0 Å². The van der Waals surface area contributed by atoms with E-state index in [9.17, 15) is 0 Å². The first-order valence-corrected chi connectivity index (χ1v) is 21.5. The van der Waals surface area contributed by atoms with Gasteiger partial charge in [0.15, 0.2) is 17.5 Å². The fourth-order valence-corrected chi connectivity index (χ4v) is 10.2. The fourth-order valence-electron chi connectivity index (χ4n) is 10.2. The zero-order valence-corrected chi connectivity index (χ0v) is 34.3. The Hall–Kier alpha value is -8.15. The molecule has 0 fully saturated rings. The van der Waals surface area contributed by atoms with Crippen LogP contribution in [0.4, 0.5) is 0 Å². The minimum atomic E-state index is -0.711. The Morgan fingerprint density at radius 3 is 2.03 bits per heavy atom. The lowest BCUT2D eigenvalue weighted by Gasteiger charge is -2.33. The average molecular weight is 808 g/mol. The maximum Gasteiger partial charge on any atom is 0.164 e.